The third-order valence-corrected chi connectivity index (χ3v) is 3.31. The lowest BCUT2D eigenvalue weighted by atomic mass is 9.80. The van der Waals surface area contributed by atoms with Crippen molar-refractivity contribution in [2.75, 3.05) is 0 Å². The van der Waals surface area contributed by atoms with Crippen molar-refractivity contribution in [3.05, 3.63) is 0 Å². The quantitative estimate of drug-likeness (QED) is 0.706. The van der Waals surface area contributed by atoms with Gasteiger partial charge in [0.25, 0.3) is 0 Å². The fourth-order valence-electron chi connectivity index (χ4n) is 2.61. The Balaban J connectivity index is 2.59. The van der Waals surface area contributed by atoms with E-state index in [-0.39, 0.29) is 17.2 Å². The summed E-state index contributed by atoms with van der Waals surface area (Å²) in [5.41, 5.74) is -0.226. The van der Waals surface area contributed by atoms with Gasteiger partial charge in [-0.25, -0.2) is 0 Å². The Hall–Kier alpha value is -0.860. The van der Waals surface area contributed by atoms with Crippen LogP contribution in [-0.2, 0) is 9.59 Å². The number of piperidine rings is 1. The van der Waals surface area contributed by atoms with Crippen molar-refractivity contribution in [1.29, 1.82) is 0 Å². The molecular weight excluding hydrogens is 202 g/mol. The summed E-state index contributed by atoms with van der Waals surface area (Å²) < 4.78 is 0. The van der Waals surface area contributed by atoms with Crippen LogP contribution in [0.15, 0.2) is 0 Å². The number of Topliss-reactive ketones (excluding diaryl/α,β-unsaturated/α-hetero) is 1. The molecule has 0 spiro atoms. The van der Waals surface area contributed by atoms with Crippen molar-refractivity contribution in [2.45, 2.75) is 70.8 Å². The highest BCUT2D eigenvalue weighted by Crippen LogP contribution is 2.29. The maximum Gasteiger partial charge on any atom is 0.220 e. The summed E-state index contributed by atoms with van der Waals surface area (Å²) in [6.45, 7) is 3.78. The first-order valence-electron chi connectivity index (χ1n) is 6.38. The van der Waals surface area contributed by atoms with E-state index in [0.29, 0.717) is 12.8 Å². The number of hydrogen-bond donors (Lipinski definition) is 1. The molecule has 1 rings (SSSR count). The predicted molar refractivity (Wildman–Crippen MR) is 64.2 cm³/mol. The minimum Gasteiger partial charge on any atom is -0.350 e. The zero-order valence-corrected chi connectivity index (χ0v) is 10.5. The first-order chi connectivity index (χ1) is 7.58. The Morgan fingerprint density at radius 1 is 1.44 bits per heavy atom. The van der Waals surface area contributed by atoms with Crippen LogP contribution in [-0.4, -0.2) is 17.2 Å². The zero-order chi connectivity index (χ0) is 12.0. The third kappa shape index (κ3) is 3.95. The molecule has 0 aliphatic carbocycles. The number of ketones is 1. The molecule has 0 aromatic heterocycles. The first kappa shape index (κ1) is 13.2. The Kier molecular flexibility index (Phi) is 4.97. The van der Waals surface area contributed by atoms with E-state index in [0.717, 1.165) is 25.7 Å². The van der Waals surface area contributed by atoms with E-state index in [2.05, 4.69) is 12.2 Å². The van der Waals surface area contributed by atoms with Crippen LogP contribution in [0, 0.1) is 0 Å². The molecule has 0 aromatic carbocycles. The van der Waals surface area contributed by atoms with Crippen LogP contribution in [0.1, 0.15) is 65.2 Å². The van der Waals surface area contributed by atoms with E-state index in [1.165, 1.54) is 12.8 Å². The summed E-state index contributed by atoms with van der Waals surface area (Å²) >= 11 is 0. The van der Waals surface area contributed by atoms with Crippen molar-refractivity contribution >= 4 is 11.7 Å². The van der Waals surface area contributed by atoms with Gasteiger partial charge in [0.2, 0.25) is 5.91 Å². The second-order valence-electron chi connectivity index (χ2n) is 5.02. The number of carbonyl (C=O) groups excluding carboxylic acids is 2. The van der Waals surface area contributed by atoms with Gasteiger partial charge in [0, 0.05) is 18.4 Å². The van der Waals surface area contributed by atoms with Crippen LogP contribution >= 0.6 is 0 Å². The highest BCUT2D eigenvalue weighted by atomic mass is 16.2. The van der Waals surface area contributed by atoms with Gasteiger partial charge in [0.1, 0.15) is 5.78 Å². The molecule has 1 saturated heterocycles. The van der Waals surface area contributed by atoms with Crippen LogP contribution in [0.5, 0.6) is 0 Å². The molecule has 0 bridgehead atoms. The average molecular weight is 225 g/mol. The average Bonchev–Trinajstić information content (AvgIpc) is 2.16. The van der Waals surface area contributed by atoms with Crippen molar-refractivity contribution < 1.29 is 9.59 Å². The van der Waals surface area contributed by atoms with Gasteiger partial charge < -0.3 is 5.32 Å². The zero-order valence-electron chi connectivity index (χ0n) is 10.5. The Bertz CT molecular complexity index is 259. The molecule has 3 nitrogen and oxygen atoms in total. The van der Waals surface area contributed by atoms with E-state index in [4.69, 9.17) is 0 Å². The Morgan fingerprint density at radius 3 is 2.75 bits per heavy atom. The van der Waals surface area contributed by atoms with Crippen LogP contribution in [0.2, 0.25) is 0 Å². The topological polar surface area (TPSA) is 46.2 Å². The maximum absolute atomic E-state index is 11.5. The van der Waals surface area contributed by atoms with E-state index >= 15 is 0 Å². The lowest BCUT2D eigenvalue weighted by Crippen LogP contribution is -2.52. The fourth-order valence-corrected chi connectivity index (χ4v) is 2.61. The molecule has 1 fully saturated rings. The van der Waals surface area contributed by atoms with Crippen LogP contribution in [0.3, 0.4) is 0 Å². The summed E-state index contributed by atoms with van der Waals surface area (Å²) in [4.78, 5) is 22.8. The molecule has 0 aromatic rings. The van der Waals surface area contributed by atoms with Gasteiger partial charge in [0.15, 0.2) is 0 Å². The number of carbonyl (C=O) groups is 2. The predicted octanol–water partition coefficient (Wildman–Crippen LogP) is 2.58. The molecule has 1 N–H and O–H groups in total. The highest BCUT2D eigenvalue weighted by molar-refractivity contribution is 5.81. The molecule has 1 atom stereocenters. The molecular formula is C13H23NO2. The standard InChI is InChI=1S/C13H23NO2/c1-3-4-5-8-13(10-11(2)15)9-6-7-12(16)14-13/h3-10H2,1-2H3,(H,14,16)/t13-/m1/s1. The van der Waals surface area contributed by atoms with Crippen molar-refractivity contribution in [1.82, 2.24) is 5.32 Å². The van der Waals surface area contributed by atoms with Gasteiger partial charge in [-0.05, 0) is 26.2 Å². The number of nitrogens with one attached hydrogen (secondary N) is 1. The summed E-state index contributed by atoms with van der Waals surface area (Å²) in [6, 6.07) is 0. The van der Waals surface area contributed by atoms with Crippen molar-refractivity contribution in [3.8, 4) is 0 Å². The molecule has 16 heavy (non-hydrogen) atoms. The molecule has 1 aliphatic rings. The normalized spacial score (nSPS) is 25.2. The van der Waals surface area contributed by atoms with E-state index in [9.17, 15) is 9.59 Å². The van der Waals surface area contributed by atoms with Crippen LogP contribution in [0.4, 0.5) is 0 Å². The largest absolute Gasteiger partial charge is 0.350 e. The van der Waals surface area contributed by atoms with Gasteiger partial charge in [-0.1, -0.05) is 26.2 Å². The molecule has 92 valence electrons. The fraction of sp³-hybridized carbons (Fsp3) is 0.846. The number of unbranched alkanes of at least 4 members (excludes halogenated alkanes) is 2. The monoisotopic (exact) mass is 225 g/mol. The summed E-state index contributed by atoms with van der Waals surface area (Å²) in [5, 5.41) is 3.06. The Morgan fingerprint density at radius 2 is 2.19 bits per heavy atom. The van der Waals surface area contributed by atoms with Crippen molar-refractivity contribution in [3.63, 3.8) is 0 Å². The highest BCUT2D eigenvalue weighted by Gasteiger charge is 2.35. The smallest absolute Gasteiger partial charge is 0.220 e. The van der Waals surface area contributed by atoms with Gasteiger partial charge in [-0.3, -0.25) is 9.59 Å². The second kappa shape index (κ2) is 6.02. The number of amides is 1. The van der Waals surface area contributed by atoms with E-state index < -0.39 is 0 Å². The van der Waals surface area contributed by atoms with E-state index in [1.807, 2.05) is 0 Å². The maximum atomic E-state index is 11.5. The minimum atomic E-state index is -0.226. The van der Waals surface area contributed by atoms with Gasteiger partial charge in [-0.2, -0.15) is 0 Å². The summed E-state index contributed by atoms with van der Waals surface area (Å²) in [5.74, 6) is 0.294. The molecule has 1 amide bonds. The number of hydrogen-bond acceptors (Lipinski definition) is 2. The molecule has 0 saturated carbocycles. The molecule has 1 heterocycles. The lowest BCUT2D eigenvalue weighted by Gasteiger charge is -2.37. The van der Waals surface area contributed by atoms with Gasteiger partial charge >= 0.3 is 0 Å². The molecule has 3 heteroatoms. The van der Waals surface area contributed by atoms with Crippen LogP contribution in [0.25, 0.3) is 0 Å². The number of rotatable bonds is 6. The van der Waals surface area contributed by atoms with Crippen molar-refractivity contribution in [2.24, 2.45) is 0 Å². The van der Waals surface area contributed by atoms with Gasteiger partial charge in [-0.15, -0.1) is 0 Å². The van der Waals surface area contributed by atoms with Crippen LogP contribution < -0.4 is 5.32 Å². The molecule has 1 aliphatic heterocycles. The molecule has 0 unspecified atom stereocenters. The van der Waals surface area contributed by atoms with Gasteiger partial charge in [0.05, 0.1) is 0 Å². The summed E-state index contributed by atoms with van der Waals surface area (Å²) in [7, 11) is 0. The lowest BCUT2D eigenvalue weighted by molar-refractivity contribution is -0.126. The molecule has 0 radical (unpaired) electrons. The third-order valence-electron chi connectivity index (χ3n) is 3.31. The summed E-state index contributed by atoms with van der Waals surface area (Å²) in [6.07, 6.45) is 7.40. The SMILES string of the molecule is CCCCC[C@]1(CC(C)=O)CCCC(=O)N1. The second-order valence-corrected chi connectivity index (χ2v) is 5.02. The Labute approximate surface area is 98.0 Å². The minimum absolute atomic E-state index is 0.115. The first-order valence-corrected chi connectivity index (χ1v) is 6.38. The van der Waals surface area contributed by atoms with E-state index in [1.54, 1.807) is 6.92 Å².